The summed E-state index contributed by atoms with van der Waals surface area (Å²) in [5, 5.41) is 0. The fraction of sp³-hybridized carbons (Fsp3) is 0.536. The number of nitrogens with zero attached hydrogens (tertiary/aromatic N) is 1. The first kappa shape index (κ1) is 30.8. The SMILES string of the molecule is CC(=O)OC[C@H]1O[C@@H](O[C@@H]2CC(=O)C[C@H]3C(=O)N(c4ccccc4)C(=O)[C@H]23)[C@@H](OC(C)=O)[C@@H](OC(C)=O)[C@H]1OC(C)=O. The van der Waals surface area contributed by atoms with Gasteiger partial charge < -0.3 is 28.4 Å². The number of ether oxygens (including phenoxy) is 6. The van der Waals surface area contributed by atoms with E-state index in [9.17, 15) is 33.6 Å². The summed E-state index contributed by atoms with van der Waals surface area (Å²) in [5.74, 6) is -6.73. The average Bonchev–Trinajstić information content (AvgIpc) is 3.15. The molecule has 1 saturated carbocycles. The number of fused-ring (bicyclic) bond motifs is 1. The molecule has 0 bridgehead atoms. The van der Waals surface area contributed by atoms with E-state index >= 15 is 0 Å². The van der Waals surface area contributed by atoms with E-state index in [4.69, 9.17) is 28.4 Å². The fourth-order valence-electron chi connectivity index (χ4n) is 5.50. The maximum atomic E-state index is 13.6. The van der Waals surface area contributed by atoms with Crippen LogP contribution in [-0.4, -0.2) is 84.9 Å². The smallest absolute Gasteiger partial charge is 0.303 e. The van der Waals surface area contributed by atoms with E-state index in [1.54, 1.807) is 30.3 Å². The molecule has 14 nitrogen and oxygen atoms in total. The number of carbonyl (C=O) groups excluding carboxylic acids is 7. The van der Waals surface area contributed by atoms with Crippen LogP contribution in [0.4, 0.5) is 5.69 Å². The van der Waals surface area contributed by atoms with Crippen molar-refractivity contribution in [2.45, 2.75) is 77.3 Å². The number of amides is 2. The molecule has 0 radical (unpaired) electrons. The first-order chi connectivity index (χ1) is 19.9. The second-order valence-corrected chi connectivity index (χ2v) is 10.2. The van der Waals surface area contributed by atoms with Crippen LogP contribution >= 0.6 is 0 Å². The highest BCUT2D eigenvalue weighted by Gasteiger charge is 2.58. The molecule has 0 spiro atoms. The van der Waals surface area contributed by atoms with Gasteiger partial charge in [-0.3, -0.25) is 33.6 Å². The van der Waals surface area contributed by atoms with Gasteiger partial charge in [0.2, 0.25) is 11.8 Å². The third kappa shape index (κ3) is 6.65. The summed E-state index contributed by atoms with van der Waals surface area (Å²) in [5.41, 5.74) is 0.334. The molecule has 0 N–H and O–H groups in total. The molecule has 1 aromatic carbocycles. The van der Waals surface area contributed by atoms with Gasteiger partial charge >= 0.3 is 23.9 Å². The molecular weight excluding hydrogens is 558 g/mol. The Morgan fingerprint density at radius 2 is 1.38 bits per heavy atom. The minimum absolute atomic E-state index is 0.170. The van der Waals surface area contributed by atoms with Gasteiger partial charge in [-0.05, 0) is 12.1 Å². The summed E-state index contributed by atoms with van der Waals surface area (Å²) in [7, 11) is 0. The third-order valence-corrected chi connectivity index (χ3v) is 7.03. The Bertz CT molecular complexity index is 1260. The zero-order chi connectivity index (χ0) is 30.7. The van der Waals surface area contributed by atoms with Crippen molar-refractivity contribution in [3.63, 3.8) is 0 Å². The summed E-state index contributed by atoms with van der Waals surface area (Å²) >= 11 is 0. The van der Waals surface area contributed by atoms with Crippen LogP contribution < -0.4 is 4.90 Å². The van der Waals surface area contributed by atoms with Gasteiger partial charge in [-0.15, -0.1) is 0 Å². The zero-order valence-corrected chi connectivity index (χ0v) is 23.4. The molecule has 4 rings (SSSR count). The highest BCUT2D eigenvalue weighted by Crippen LogP contribution is 2.42. The Morgan fingerprint density at radius 1 is 0.786 bits per heavy atom. The Hall–Kier alpha value is -4.17. The van der Waals surface area contributed by atoms with Gasteiger partial charge in [0.05, 0.1) is 23.6 Å². The van der Waals surface area contributed by atoms with Crippen molar-refractivity contribution >= 4 is 47.2 Å². The molecule has 1 aromatic rings. The monoisotopic (exact) mass is 589 g/mol. The molecule has 2 amide bonds. The van der Waals surface area contributed by atoms with Crippen molar-refractivity contribution in [3.05, 3.63) is 30.3 Å². The van der Waals surface area contributed by atoms with Crippen LogP contribution in [0.25, 0.3) is 0 Å². The molecule has 14 heteroatoms. The summed E-state index contributed by atoms with van der Waals surface area (Å²) in [4.78, 5) is 88.4. The molecule has 3 fully saturated rings. The van der Waals surface area contributed by atoms with Crippen molar-refractivity contribution in [2.75, 3.05) is 11.5 Å². The van der Waals surface area contributed by atoms with Crippen LogP contribution in [0.5, 0.6) is 0 Å². The fourth-order valence-corrected chi connectivity index (χ4v) is 5.50. The minimum Gasteiger partial charge on any atom is -0.463 e. The number of hydrogen-bond donors (Lipinski definition) is 0. The van der Waals surface area contributed by atoms with Crippen LogP contribution in [0.2, 0.25) is 0 Å². The zero-order valence-electron chi connectivity index (χ0n) is 23.4. The van der Waals surface area contributed by atoms with E-state index in [-0.39, 0.29) is 18.6 Å². The van der Waals surface area contributed by atoms with Crippen LogP contribution in [0.1, 0.15) is 40.5 Å². The predicted molar refractivity (Wildman–Crippen MR) is 137 cm³/mol. The first-order valence-electron chi connectivity index (χ1n) is 13.3. The average molecular weight is 590 g/mol. The maximum absolute atomic E-state index is 13.6. The molecule has 1 aliphatic carbocycles. The van der Waals surface area contributed by atoms with E-state index in [1.807, 2.05) is 0 Å². The Morgan fingerprint density at radius 3 is 1.98 bits per heavy atom. The van der Waals surface area contributed by atoms with Crippen LogP contribution in [-0.2, 0) is 62.0 Å². The number of benzene rings is 1. The number of Topliss-reactive ketones (excluding diaryl/α,β-unsaturated/α-hetero) is 1. The number of rotatable bonds is 8. The molecule has 42 heavy (non-hydrogen) atoms. The largest absolute Gasteiger partial charge is 0.463 e. The summed E-state index contributed by atoms with van der Waals surface area (Å²) in [6.45, 7) is 3.90. The van der Waals surface area contributed by atoms with Crippen molar-refractivity contribution in [3.8, 4) is 0 Å². The molecule has 8 atom stereocenters. The van der Waals surface area contributed by atoms with E-state index < -0.39 is 90.9 Å². The molecule has 2 saturated heterocycles. The predicted octanol–water partition coefficient (Wildman–Crippen LogP) is 0.623. The standard InChI is InChI=1S/C28H31NO13/c1-13(30)37-12-21-23(38-14(2)31)24(39-15(3)32)25(40-16(4)33)28(42-21)41-20-11-18(34)10-19-22(20)27(36)29(26(19)35)17-8-6-5-7-9-17/h5-9,19-25,28H,10-12H2,1-4H3/t19-,20-,21-,22+,23+,24+,25+,28-/m1/s1. The summed E-state index contributed by atoms with van der Waals surface area (Å²) in [6, 6.07) is 8.22. The molecule has 226 valence electrons. The third-order valence-electron chi connectivity index (χ3n) is 7.03. The number of anilines is 1. The molecule has 0 unspecified atom stereocenters. The lowest BCUT2D eigenvalue weighted by Crippen LogP contribution is -2.63. The van der Waals surface area contributed by atoms with E-state index in [0.717, 1.165) is 32.6 Å². The summed E-state index contributed by atoms with van der Waals surface area (Å²) in [6.07, 6.45) is -8.97. The Balaban J connectivity index is 1.70. The Labute approximate surface area is 240 Å². The van der Waals surface area contributed by atoms with Gasteiger partial charge in [0.25, 0.3) is 0 Å². The number of ketones is 1. The van der Waals surface area contributed by atoms with Crippen molar-refractivity contribution in [1.82, 2.24) is 0 Å². The number of imide groups is 1. The van der Waals surface area contributed by atoms with Crippen molar-refractivity contribution in [1.29, 1.82) is 0 Å². The number of carbonyl (C=O) groups is 7. The van der Waals surface area contributed by atoms with Gasteiger partial charge in [0.1, 0.15) is 18.5 Å². The van der Waals surface area contributed by atoms with Crippen LogP contribution in [0.3, 0.4) is 0 Å². The Kier molecular flexibility index (Phi) is 9.36. The lowest BCUT2D eigenvalue weighted by molar-refractivity contribution is -0.320. The van der Waals surface area contributed by atoms with Gasteiger partial charge in [-0.2, -0.15) is 0 Å². The normalized spacial score (nSPS) is 30.8. The van der Waals surface area contributed by atoms with Gasteiger partial charge in [0, 0.05) is 40.5 Å². The second kappa shape index (κ2) is 12.8. The van der Waals surface area contributed by atoms with Crippen molar-refractivity contribution in [2.24, 2.45) is 11.8 Å². The molecule has 0 aromatic heterocycles. The highest BCUT2D eigenvalue weighted by atomic mass is 16.7. The highest BCUT2D eigenvalue weighted by molar-refractivity contribution is 6.23. The van der Waals surface area contributed by atoms with Gasteiger partial charge in [-0.25, -0.2) is 4.90 Å². The van der Waals surface area contributed by atoms with E-state index in [0.29, 0.717) is 5.69 Å². The number of esters is 4. The van der Waals surface area contributed by atoms with Gasteiger partial charge in [-0.1, -0.05) is 18.2 Å². The quantitative estimate of drug-likeness (QED) is 0.234. The molecule has 2 heterocycles. The number of hydrogen-bond acceptors (Lipinski definition) is 13. The lowest BCUT2D eigenvalue weighted by atomic mass is 9.78. The molecule has 2 aliphatic heterocycles. The second-order valence-electron chi connectivity index (χ2n) is 10.2. The summed E-state index contributed by atoms with van der Waals surface area (Å²) < 4.78 is 33.3. The van der Waals surface area contributed by atoms with Crippen LogP contribution in [0, 0.1) is 11.8 Å². The van der Waals surface area contributed by atoms with Crippen LogP contribution in [0.15, 0.2) is 30.3 Å². The van der Waals surface area contributed by atoms with E-state index in [1.165, 1.54) is 0 Å². The first-order valence-corrected chi connectivity index (χ1v) is 13.3. The lowest BCUT2D eigenvalue weighted by Gasteiger charge is -2.45. The minimum atomic E-state index is -1.60. The maximum Gasteiger partial charge on any atom is 0.303 e. The van der Waals surface area contributed by atoms with Gasteiger partial charge in [0.15, 0.2) is 24.6 Å². The van der Waals surface area contributed by atoms with Crippen molar-refractivity contribution < 1.29 is 62.0 Å². The van der Waals surface area contributed by atoms with E-state index in [2.05, 4.69) is 0 Å². The number of para-hydroxylation sites is 1. The molecular formula is C28H31NO13. The topological polar surface area (TPSA) is 178 Å². The molecule has 3 aliphatic rings.